The minimum absolute atomic E-state index is 0.101. The van der Waals surface area contributed by atoms with E-state index in [4.69, 9.17) is 5.26 Å². The molecule has 0 aliphatic rings. The third-order valence-corrected chi connectivity index (χ3v) is 2.50. The molecule has 1 rings (SSSR count). The number of amides is 1. The lowest BCUT2D eigenvalue weighted by atomic mass is 10.0. The molecule has 1 aromatic carbocycles. The standard InChI is InChI=1S/C15H16N2O/c1-4-7-17-15(18)14(10-16)9-13-6-5-11(2)8-12(13)3/h4-6,8-9H,1,7H2,2-3H3,(H,17,18)/b14-9+. The van der Waals surface area contributed by atoms with Crippen LogP contribution in [0.25, 0.3) is 6.08 Å². The van der Waals surface area contributed by atoms with Crippen molar-refractivity contribution in [2.75, 3.05) is 6.54 Å². The van der Waals surface area contributed by atoms with Crippen LogP contribution in [-0.2, 0) is 4.79 Å². The molecular weight excluding hydrogens is 224 g/mol. The Labute approximate surface area is 107 Å². The summed E-state index contributed by atoms with van der Waals surface area (Å²) in [5.74, 6) is -0.377. The molecule has 0 bridgehead atoms. The van der Waals surface area contributed by atoms with Gasteiger partial charge < -0.3 is 5.32 Å². The molecule has 18 heavy (non-hydrogen) atoms. The van der Waals surface area contributed by atoms with Gasteiger partial charge in [0, 0.05) is 6.54 Å². The molecule has 0 atom stereocenters. The maximum Gasteiger partial charge on any atom is 0.262 e. The second-order valence-electron chi connectivity index (χ2n) is 4.03. The Morgan fingerprint density at radius 1 is 1.50 bits per heavy atom. The number of nitriles is 1. The van der Waals surface area contributed by atoms with Gasteiger partial charge in [-0.2, -0.15) is 5.26 Å². The summed E-state index contributed by atoms with van der Waals surface area (Å²) < 4.78 is 0. The van der Waals surface area contributed by atoms with E-state index >= 15 is 0 Å². The molecule has 0 aromatic heterocycles. The van der Waals surface area contributed by atoms with Gasteiger partial charge in [0.25, 0.3) is 5.91 Å². The molecule has 0 radical (unpaired) electrons. The molecule has 0 unspecified atom stereocenters. The van der Waals surface area contributed by atoms with Crippen LogP contribution in [0.1, 0.15) is 16.7 Å². The summed E-state index contributed by atoms with van der Waals surface area (Å²) >= 11 is 0. The number of rotatable bonds is 4. The van der Waals surface area contributed by atoms with E-state index in [0.29, 0.717) is 6.54 Å². The first-order valence-corrected chi connectivity index (χ1v) is 5.66. The Bertz CT molecular complexity index is 536. The zero-order valence-corrected chi connectivity index (χ0v) is 10.7. The number of aryl methyl sites for hydroxylation is 2. The number of hydrogen-bond donors (Lipinski definition) is 1. The van der Waals surface area contributed by atoms with E-state index in [0.717, 1.165) is 16.7 Å². The van der Waals surface area contributed by atoms with Crippen molar-refractivity contribution in [2.24, 2.45) is 0 Å². The third-order valence-electron chi connectivity index (χ3n) is 2.50. The summed E-state index contributed by atoms with van der Waals surface area (Å²) in [4.78, 5) is 11.7. The largest absolute Gasteiger partial charge is 0.348 e. The van der Waals surface area contributed by atoms with Gasteiger partial charge in [-0.15, -0.1) is 6.58 Å². The Morgan fingerprint density at radius 2 is 2.22 bits per heavy atom. The Morgan fingerprint density at radius 3 is 2.78 bits per heavy atom. The fourth-order valence-electron chi connectivity index (χ4n) is 1.55. The van der Waals surface area contributed by atoms with E-state index in [1.807, 2.05) is 38.1 Å². The molecular formula is C15H16N2O. The first-order chi connectivity index (χ1) is 8.58. The molecule has 0 aliphatic heterocycles. The molecule has 1 N–H and O–H groups in total. The van der Waals surface area contributed by atoms with Crippen molar-refractivity contribution in [3.63, 3.8) is 0 Å². The molecule has 0 aliphatic carbocycles. The van der Waals surface area contributed by atoms with Gasteiger partial charge in [-0.1, -0.05) is 29.8 Å². The van der Waals surface area contributed by atoms with Gasteiger partial charge in [-0.25, -0.2) is 0 Å². The molecule has 0 saturated heterocycles. The van der Waals surface area contributed by atoms with E-state index in [2.05, 4.69) is 11.9 Å². The first kappa shape index (κ1) is 13.7. The molecule has 3 nitrogen and oxygen atoms in total. The summed E-state index contributed by atoms with van der Waals surface area (Å²) in [7, 11) is 0. The van der Waals surface area contributed by atoms with Crippen molar-refractivity contribution in [1.82, 2.24) is 5.32 Å². The zero-order chi connectivity index (χ0) is 13.5. The monoisotopic (exact) mass is 240 g/mol. The summed E-state index contributed by atoms with van der Waals surface area (Å²) in [6, 6.07) is 7.79. The van der Waals surface area contributed by atoms with E-state index in [9.17, 15) is 4.79 Å². The number of carbonyl (C=O) groups is 1. The van der Waals surface area contributed by atoms with Crippen LogP contribution in [0.4, 0.5) is 0 Å². The van der Waals surface area contributed by atoms with Gasteiger partial charge in [-0.05, 0) is 31.1 Å². The van der Waals surface area contributed by atoms with Crippen molar-refractivity contribution >= 4 is 12.0 Å². The Hall–Kier alpha value is -2.34. The van der Waals surface area contributed by atoms with Gasteiger partial charge in [0.1, 0.15) is 11.6 Å². The predicted octanol–water partition coefficient (Wildman–Crippen LogP) is 2.51. The van der Waals surface area contributed by atoms with Crippen LogP contribution in [0, 0.1) is 25.2 Å². The Kier molecular flexibility index (Phi) is 4.89. The fraction of sp³-hybridized carbons (Fsp3) is 0.200. The molecule has 1 aromatic rings. The van der Waals surface area contributed by atoms with Crippen LogP contribution in [-0.4, -0.2) is 12.5 Å². The SMILES string of the molecule is C=CCNC(=O)/C(C#N)=C/c1ccc(C)cc1C. The van der Waals surface area contributed by atoms with Gasteiger partial charge in [0.2, 0.25) is 0 Å². The molecule has 3 heteroatoms. The van der Waals surface area contributed by atoms with Crippen LogP contribution in [0.2, 0.25) is 0 Å². The lowest BCUT2D eigenvalue weighted by molar-refractivity contribution is -0.116. The highest BCUT2D eigenvalue weighted by Crippen LogP contribution is 2.14. The normalized spacial score (nSPS) is 10.6. The predicted molar refractivity (Wildman–Crippen MR) is 72.7 cm³/mol. The van der Waals surface area contributed by atoms with Gasteiger partial charge in [0.05, 0.1) is 0 Å². The van der Waals surface area contributed by atoms with Crippen molar-refractivity contribution in [2.45, 2.75) is 13.8 Å². The molecule has 0 fully saturated rings. The van der Waals surface area contributed by atoms with Crippen LogP contribution in [0.5, 0.6) is 0 Å². The fourth-order valence-corrected chi connectivity index (χ4v) is 1.55. The zero-order valence-electron chi connectivity index (χ0n) is 10.7. The summed E-state index contributed by atoms with van der Waals surface area (Å²) in [5, 5.41) is 11.6. The maximum atomic E-state index is 11.7. The molecule has 0 spiro atoms. The Balaban J connectivity index is 3.01. The summed E-state index contributed by atoms with van der Waals surface area (Å²) in [6.07, 6.45) is 3.18. The topological polar surface area (TPSA) is 52.9 Å². The number of carbonyl (C=O) groups excluding carboxylic acids is 1. The van der Waals surface area contributed by atoms with Crippen molar-refractivity contribution in [3.05, 3.63) is 53.1 Å². The number of benzene rings is 1. The van der Waals surface area contributed by atoms with E-state index in [1.165, 1.54) is 0 Å². The summed E-state index contributed by atoms with van der Waals surface area (Å²) in [5.41, 5.74) is 3.17. The van der Waals surface area contributed by atoms with Crippen LogP contribution in [0.15, 0.2) is 36.4 Å². The second kappa shape index (κ2) is 6.41. The molecule has 0 saturated carbocycles. The van der Waals surface area contributed by atoms with Crippen LogP contribution < -0.4 is 5.32 Å². The highest BCUT2D eigenvalue weighted by atomic mass is 16.1. The quantitative estimate of drug-likeness (QED) is 0.499. The third kappa shape index (κ3) is 3.60. The summed E-state index contributed by atoms with van der Waals surface area (Å²) in [6.45, 7) is 7.82. The average molecular weight is 240 g/mol. The highest BCUT2D eigenvalue weighted by molar-refractivity contribution is 6.01. The second-order valence-corrected chi connectivity index (χ2v) is 4.03. The number of hydrogen-bond acceptors (Lipinski definition) is 2. The van der Waals surface area contributed by atoms with E-state index in [1.54, 1.807) is 12.2 Å². The van der Waals surface area contributed by atoms with E-state index in [-0.39, 0.29) is 11.5 Å². The lowest BCUT2D eigenvalue weighted by Gasteiger charge is -2.04. The van der Waals surface area contributed by atoms with Gasteiger partial charge in [-0.3, -0.25) is 4.79 Å². The average Bonchev–Trinajstić information content (AvgIpc) is 2.35. The van der Waals surface area contributed by atoms with Crippen molar-refractivity contribution < 1.29 is 4.79 Å². The van der Waals surface area contributed by atoms with Crippen molar-refractivity contribution in [1.29, 1.82) is 5.26 Å². The van der Waals surface area contributed by atoms with Crippen LogP contribution in [0.3, 0.4) is 0 Å². The highest BCUT2D eigenvalue weighted by Gasteiger charge is 2.08. The molecule has 0 heterocycles. The molecule has 1 amide bonds. The van der Waals surface area contributed by atoms with Crippen molar-refractivity contribution in [3.8, 4) is 6.07 Å². The van der Waals surface area contributed by atoms with E-state index < -0.39 is 0 Å². The van der Waals surface area contributed by atoms with Crippen LogP contribution >= 0.6 is 0 Å². The smallest absolute Gasteiger partial charge is 0.262 e. The lowest BCUT2D eigenvalue weighted by Crippen LogP contribution is -2.24. The molecule has 92 valence electrons. The minimum Gasteiger partial charge on any atom is -0.348 e. The van der Waals surface area contributed by atoms with Gasteiger partial charge in [0.15, 0.2) is 0 Å². The minimum atomic E-state index is -0.377. The first-order valence-electron chi connectivity index (χ1n) is 5.66. The van der Waals surface area contributed by atoms with Gasteiger partial charge >= 0.3 is 0 Å². The number of nitrogens with zero attached hydrogens (tertiary/aromatic N) is 1. The number of nitrogens with one attached hydrogen (secondary N) is 1. The maximum absolute atomic E-state index is 11.7.